The zero-order chi connectivity index (χ0) is 16.5. The molecule has 1 N–H and O–H groups in total. The summed E-state index contributed by atoms with van der Waals surface area (Å²) in [6.45, 7) is 2.68. The van der Waals surface area contributed by atoms with E-state index < -0.39 is 0 Å². The molecule has 5 heteroatoms. The first-order valence-electron chi connectivity index (χ1n) is 8.80. The summed E-state index contributed by atoms with van der Waals surface area (Å²) in [7, 11) is 0. The molecule has 0 unspecified atom stereocenters. The lowest BCUT2D eigenvalue weighted by Gasteiger charge is -2.37. The number of likely N-dealkylation sites (tertiary alicyclic amines) is 1. The van der Waals surface area contributed by atoms with Crippen molar-refractivity contribution in [2.24, 2.45) is 0 Å². The van der Waals surface area contributed by atoms with Crippen LogP contribution in [-0.4, -0.2) is 46.6 Å². The second-order valence-electron chi connectivity index (χ2n) is 6.73. The Kier molecular flexibility index (Phi) is 4.10. The van der Waals surface area contributed by atoms with Crippen molar-refractivity contribution in [2.75, 3.05) is 24.5 Å². The first-order chi connectivity index (χ1) is 11.8. The number of piperidine rings is 1. The molecule has 3 heterocycles. The highest BCUT2D eigenvalue weighted by Crippen LogP contribution is 2.28. The van der Waals surface area contributed by atoms with Gasteiger partial charge in [0, 0.05) is 43.0 Å². The van der Waals surface area contributed by atoms with E-state index in [0.717, 1.165) is 61.2 Å². The van der Waals surface area contributed by atoms with Crippen molar-refractivity contribution < 1.29 is 9.90 Å². The molecule has 5 nitrogen and oxygen atoms in total. The van der Waals surface area contributed by atoms with Crippen molar-refractivity contribution in [1.29, 1.82) is 0 Å². The Hall–Kier alpha value is -2.14. The van der Waals surface area contributed by atoms with Gasteiger partial charge >= 0.3 is 0 Å². The Morgan fingerprint density at radius 1 is 1.17 bits per heavy atom. The molecule has 0 atom stereocenters. The van der Waals surface area contributed by atoms with Gasteiger partial charge in [0.25, 0.3) is 0 Å². The molecule has 2 fully saturated rings. The van der Waals surface area contributed by atoms with Crippen molar-refractivity contribution in [2.45, 2.75) is 38.3 Å². The molecule has 2 aliphatic rings. The number of amides is 1. The van der Waals surface area contributed by atoms with E-state index in [0.29, 0.717) is 18.4 Å². The van der Waals surface area contributed by atoms with Crippen molar-refractivity contribution in [3.8, 4) is 0 Å². The number of hydrogen-bond acceptors (Lipinski definition) is 4. The Morgan fingerprint density at radius 2 is 1.96 bits per heavy atom. The minimum Gasteiger partial charge on any atom is -0.392 e. The monoisotopic (exact) mass is 325 g/mol. The molecule has 0 radical (unpaired) electrons. The van der Waals surface area contributed by atoms with E-state index in [1.165, 1.54) is 0 Å². The number of aliphatic hydroxyl groups excluding tert-OH is 1. The van der Waals surface area contributed by atoms with Gasteiger partial charge in [-0.3, -0.25) is 4.79 Å². The molecule has 0 aliphatic carbocycles. The van der Waals surface area contributed by atoms with Gasteiger partial charge in [-0.1, -0.05) is 18.2 Å². The lowest BCUT2D eigenvalue weighted by molar-refractivity contribution is -0.130. The number of nitrogens with zero attached hydrogens (tertiary/aromatic N) is 3. The average Bonchev–Trinajstić information content (AvgIpc) is 3.06. The number of para-hydroxylation sites is 1. The summed E-state index contributed by atoms with van der Waals surface area (Å²) in [6.07, 6.45) is 3.66. The van der Waals surface area contributed by atoms with Crippen LogP contribution in [0.3, 0.4) is 0 Å². The second-order valence-corrected chi connectivity index (χ2v) is 6.73. The first kappa shape index (κ1) is 15.4. The van der Waals surface area contributed by atoms with Crippen LogP contribution < -0.4 is 4.90 Å². The Bertz CT molecular complexity index is 753. The molecule has 0 bridgehead atoms. The molecule has 1 amide bonds. The number of benzene rings is 1. The maximum absolute atomic E-state index is 11.9. The van der Waals surface area contributed by atoms with E-state index in [2.05, 4.69) is 9.80 Å². The van der Waals surface area contributed by atoms with Crippen LogP contribution >= 0.6 is 0 Å². The lowest BCUT2D eigenvalue weighted by Crippen LogP contribution is -2.45. The van der Waals surface area contributed by atoms with Gasteiger partial charge in [0.1, 0.15) is 5.82 Å². The average molecular weight is 325 g/mol. The second kappa shape index (κ2) is 6.40. The predicted octanol–water partition coefficient (Wildman–Crippen LogP) is 2.32. The van der Waals surface area contributed by atoms with Crippen LogP contribution in [0.4, 0.5) is 5.82 Å². The number of aromatic nitrogens is 1. The topological polar surface area (TPSA) is 56.7 Å². The fourth-order valence-corrected chi connectivity index (χ4v) is 3.98. The number of pyridine rings is 1. The zero-order valence-electron chi connectivity index (χ0n) is 13.8. The van der Waals surface area contributed by atoms with Crippen LogP contribution in [0.5, 0.6) is 0 Å². The largest absolute Gasteiger partial charge is 0.392 e. The number of fused-ring (bicyclic) bond motifs is 1. The van der Waals surface area contributed by atoms with Crippen LogP contribution in [0.25, 0.3) is 10.9 Å². The van der Waals surface area contributed by atoms with Crippen LogP contribution in [0, 0.1) is 0 Å². The number of hydrogen-bond donors (Lipinski definition) is 1. The quantitative estimate of drug-likeness (QED) is 0.941. The van der Waals surface area contributed by atoms with Gasteiger partial charge in [0.2, 0.25) is 5.91 Å². The first-order valence-corrected chi connectivity index (χ1v) is 8.80. The smallest absolute Gasteiger partial charge is 0.222 e. The van der Waals surface area contributed by atoms with Crippen LogP contribution in [0.15, 0.2) is 30.3 Å². The van der Waals surface area contributed by atoms with Gasteiger partial charge in [-0.25, -0.2) is 4.98 Å². The van der Waals surface area contributed by atoms with Gasteiger partial charge in [-0.15, -0.1) is 0 Å². The normalized spacial score (nSPS) is 19.5. The lowest BCUT2D eigenvalue weighted by atomic mass is 10.0. The number of rotatable bonds is 3. The number of aliphatic hydroxyl groups is 1. The maximum Gasteiger partial charge on any atom is 0.222 e. The molecule has 0 saturated carbocycles. The molecular formula is C19H23N3O2. The van der Waals surface area contributed by atoms with Gasteiger partial charge in [-0.2, -0.15) is 0 Å². The third kappa shape index (κ3) is 2.73. The third-order valence-electron chi connectivity index (χ3n) is 5.27. The SMILES string of the molecule is O=C1CCCN1C1CCN(c2nc3ccccc3cc2CO)CC1. The summed E-state index contributed by atoms with van der Waals surface area (Å²) < 4.78 is 0. The van der Waals surface area contributed by atoms with E-state index in [1.807, 2.05) is 30.3 Å². The summed E-state index contributed by atoms with van der Waals surface area (Å²) >= 11 is 0. The molecule has 2 aromatic rings. The number of carbonyl (C=O) groups is 1. The van der Waals surface area contributed by atoms with Crippen LogP contribution in [0.2, 0.25) is 0 Å². The van der Waals surface area contributed by atoms with Crippen molar-refractivity contribution in [3.63, 3.8) is 0 Å². The number of carbonyl (C=O) groups excluding carboxylic acids is 1. The summed E-state index contributed by atoms with van der Waals surface area (Å²) in [5.74, 6) is 1.20. The molecule has 24 heavy (non-hydrogen) atoms. The van der Waals surface area contributed by atoms with Gasteiger partial charge in [0.05, 0.1) is 12.1 Å². The van der Waals surface area contributed by atoms with Crippen LogP contribution in [0.1, 0.15) is 31.2 Å². The van der Waals surface area contributed by atoms with E-state index in [9.17, 15) is 9.90 Å². The molecular weight excluding hydrogens is 302 g/mol. The summed E-state index contributed by atoms with van der Waals surface area (Å²) in [5, 5.41) is 10.8. The van der Waals surface area contributed by atoms with Gasteiger partial charge in [0.15, 0.2) is 0 Å². The van der Waals surface area contributed by atoms with E-state index >= 15 is 0 Å². The minimum absolute atomic E-state index is 0.00227. The van der Waals surface area contributed by atoms with Crippen molar-refractivity contribution >= 4 is 22.6 Å². The zero-order valence-corrected chi connectivity index (χ0v) is 13.8. The summed E-state index contributed by atoms with van der Waals surface area (Å²) in [6, 6.07) is 10.4. The summed E-state index contributed by atoms with van der Waals surface area (Å²) in [4.78, 5) is 21.1. The third-order valence-corrected chi connectivity index (χ3v) is 5.27. The van der Waals surface area contributed by atoms with Crippen LogP contribution in [-0.2, 0) is 11.4 Å². The molecule has 2 saturated heterocycles. The van der Waals surface area contributed by atoms with Gasteiger partial charge in [-0.05, 0) is 31.4 Å². The molecule has 4 rings (SSSR count). The molecule has 1 aromatic carbocycles. The molecule has 1 aromatic heterocycles. The highest BCUT2D eigenvalue weighted by Gasteiger charge is 2.31. The highest BCUT2D eigenvalue weighted by molar-refractivity contribution is 5.82. The Balaban J connectivity index is 1.54. The Morgan fingerprint density at radius 3 is 2.67 bits per heavy atom. The highest BCUT2D eigenvalue weighted by atomic mass is 16.3. The van der Waals surface area contributed by atoms with E-state index in [4.69, 9.17) is 4.98 Å². The van der Waals surface area contributed by atoms with E-state index in [-0.39, 0.29) is 6.61 Å². The standard InChI is InChI=1S/C19H23N3O2/c23-13-15-12-14-4-1-2-5-17(14)20-19(15)21-10-7-16(8-11-21)22-9-3-6-18(22)24/h1-2,4-5,12,16,23H,3,6-11,13H2. The number of anilines is 1. The fraction of sp³-hybridized carbons (Fsp3) is 0.474. The Labute approximate surface area is 141 Å². The van der Waals surface area contributed by atoms with E-state index in [1.54, 1.807) is 0 Å². The fourth-order valence-electron chi connectivity index (χ4n) is 3.98. The van der Waals surface area contributed by atoms with Crippen molar-refractivity contribution in [3.05, 3.63) is 35.9 Å². The van der Waals surface area contributed by atoms with Gasteiger partial charge < -0.3 is 14.9 Å². The van der Waals surface area contributed by atoms with Crippen molar-refractivity contribution in [1.82, 2.24) is 9.88 Å². The summed E-state index contributed by atoms with van der Waals surface area (Å²) in [5.41, 5.74) is 1.84. The molecule has 2 aliphatic heterocycles. The minimum atomic E-state index is -0.00227. The molecule has 0 spiro atoms. The predicted molar refractivity (Wildman–Crippen MR) is 93.8 cm³/mol. The molecule has 126 valence electrons. The maximum atomic E-state index is 11.9.